The van der Waals surface area contributed by atoms with Crippen LogP contribution < -0.4 is 10.1 Å². The van der Waals surface area contributed by atoms with Crippen molar-refractivity contribution in [3.8, 4) is 11.6 Å². The molecular formula is C18H14Cl2N4O3. The highest BCUT2D eigenvalue weighted by molar-refractivity contribution is 6.35. The Morgan fingerprint density at radius 1 is 1.15 bits per heavy atom. The molecule has 0 saturated carbocycles. The molecule has 0 radical (unpaired) electrons. The van der Waals surface area contributed by atoms with E-state index in [9.17, 15) is 9.59 Å². The van der Waals surface area contributed by atoms with Gasteiger partial charge in [0.1, 0.15) is 11.6 Å². The number of amides is 1. The van der Waals surface area contributed by atoms with Gasteiger partial charge in [-0.2, -0.15) is 9.78 Å². The third kappa shape index (κ3) is 4.45. The van der Waals surface area contributed by atoms with E-state index >= 15 is 0 Å². The van der Waals surface area contributed by atoms with E-state index in [1.165, 1.54) is 29.9 Å². The third-order valence-corrected chi connectivity index (χ3v) is 3.93. The molecule has 1 N–H and O–H groups in total. The van der Waals surface area contributed by atoms with Crippen molar-refractivity contribution in [1.82, 2.24) is 14.8 Å². The molecule has 2 heterocycles. The second-order valence-electron chi connectivity index (χ2n) is 5.61. The Balaban J connectivity index is 1.85. The molecule has 0 aliphatic carbocycles. The van der Waals surface area contributed by atoms with E-state index in [2.05, 4.69) is 15.4 Å². The second kappa shape index (κ2) is 7.77. The summed E-state index contributed by atoms with van der Waals surface area (Å²) in [5, 5.41) is 7.78. The van der Waals surface area contributed by atoms with Crippen LogP contribution >= 0.6 is 23.2 Å². The fourth-order valence-corrected chi connectivity index (χ4v) is 2.80. The van der Waals surface area contributed by atoms with Gasteiger partial charge < -0.3 is 10.1 Å². The normalized spacial score (nSPS) is 10.5. The Bertz CT molecular complexity index is 1020. The van der Waals surface area contributed by atoms with Crippen molar-refractivity contribution >= 4 is 40.9 Å². The number of pyridine rings is 1. The number of aryl methyl sites for hydroxylation is 1. The first-order valence-electron chi connectivity index (χ1n) is 7.81. The highest BCUT2D eigenvalue weighted by Crippen LogP contribution is 2.25. The second-order valence-corrected chi connectivity index (χ2v) is 6.46. The summed E-state index contributed by atoms with van der Waals surface area (Å²) in [5.74, 6) is 0.305. The number of esters is 1. The number of rotatable bonds is 4. The van der Waals surface area contributed by atoms with Crippen LogP contribution in [0, 0.1) is 6.92 Å². The molecule has 0 atom stereocenters. The topological polar surface area (TPSA) is 86.1 Å². The summed E-state index contributed by atoms with van der Waals surface area (Å²) in [5.41, 5.74) is 1.05. The predicted octanol–water partition coefficient (Wildman–Crippen LogP) is 4.06. The van der Waals surface area contributed by atoms with Crippen LogP contribution in [0.2, 0.25) is 10.0 Å². The first kappa shape index (κ1) is 18.9. The third-order valence-electron chi connectivity index (χ3n) is 3.44. The number of aromatic nitrogens is 3. The molecule has 138 valence electrons. The highest BCUT2D eigenvalue weighted by Gasteiger charge is 2.16. The molecule has 0 spiro atoms. The summed E-state index contributed by atoms with van der Waals surface area (Å²) in [7, 11) is 0. The van der Waals surface area contributed by atoms with Crippen molar-refractivity contribution in [3.63, 3.8) is 0 Å². The molecule has 9 heteroatoms. The Labute approximate surface area is 164 Å². The summed E-state index contributed by atoms with van der Waals surface area (Å²) in [6, 6.07) is 9.41. The van der Waals surface area contributed by atoms with E-state index in [-0.39, 0.29) is 5.91 Å². The first-order valence-corrected chi connectivity index (χ1v) is 8.57. The van der Waals surface area contributed by atoms with Gasteiger partial charge in [-0.25, -0.2) is 4.98 Å². The lowest BCUT2D eigenvalue weighted by atomic mass is 10.2. The lowest BCUT2D eigenvalue weighted by Gasteiger charge is -2.10. The van der Waals surface area contributed by atoms with Crippen molar-refractivity contribution in [3.05, 3.63) is 63.9 Å². The zero-order valence-corrected chi connectivity index (χ0v) is 15.9. The number of carbonyl (C=O) groups excluding carboxylic acids is 2. The molecule has 0 saturated heterocycles. The van der Waals surface area contributed by atoms with Gasteiger partial charge in [0.2, 0.25) is 0 Å². The molecular weight excluding hydrogens is 391 g/mol. The Morgan fingerprint density at radius 3 is 2.48 bits per heavy atom. The van der Waals surface area contributed by atoms with Gasteiger partial charge in [-0.3, -0.25) is 9.59 Å². The van der Waals surface area contributed by atoms with Gasteiger partial charge in [-0.1, -0.05) is 23.2 Å². The smallest absolute Gasteiger partial charge is 0.308 e. The molecule has 1 aromatic carbocycles. The van der Waals surface area contributed by atoms with E-state index in [4.69, 9.17) is 27.9 Å². The van der Waals surface area contributed by atoms with Gasteiger partial charge in [0.05, 0.1) is 15.7 Å². The molecule has 27 heavy (non-hydrogen) atoms. The highest BCUT2D eigenvalue weighted by atomic mass is 35.5. The number of halogens is 2. The molecule has 0 aliphatic rings. The molecule has 0 unspecified atom stereocenters. The van der Waals surface area contributed by atoms with Crippen molar-refractivity contribution in [2.24, 2.45) is 0 Å². The number of nitrogens with one attached hydrogen (secondary N) is 1. The molecule has 0 fully saturated rings. The van der Waals surface area contributed by atoms with Gasteiger partial charge in [0.15, 0.2) is 5.82 Å². The van der Waals surface area contributed by atoms with Gasteiger partial charge in [-0.15, -0.1) is 0 Å². The summed E-state index contributed by atoms with van der Waals surface area (Å²) in [6.07, 6.45) is 1.44. The first-order chi connectivity index (χ1) is 12.8. The fraction of sp³-hybridized carbons (Fsp3) is 0.111. The van der Waals surface area contributed by atoms with Crippen LogP contribution in [0.25, 0.3) is 5.82 Å². The van der Waals surface area contributed by atoms with Crippen LogP contribution in [0.3, 0.4) is 0 Å². The van der Waals surface area contributed by atoms with Gasteiger partial charge in [0.25, 0.3) is 5.91 Å². The minimum Gasteiger partial charge on any atom is -0.427 e. The maximum absolute atomic E-state index is 12.5. The summed E-state index contributed by atoms with van der Waals surface area (Å²) in [6.45, 7) is 3.09. The zero-order chi connectivity index (χ0) is 19.6. The predicted molar refractivity (Wildman–Crippen MR) is 102 cm³/mol. The maximum atomic E-state index is 12.5. The van der Waals surface area contributed by atoms with Gasteiger partial charge >= 0.3 is 5.97 Å². The largest absolute Gasteiger partial charge is 0.427 e. The minimum absolute atomic E-state index is 0.298. The summed E-state index contributed by atoms with van der Waals surface area (Å²) < 4.78 is 6.38. The van der Waals surface area contributed by atoms with E-state index in [0.717, 1.165) is 0 Å². The fourth-order valence-electron chi connectivity index (χ4n) is 2.34. The monoisotopic (exact) mass is 404 g/mol. The summed E-state index contributed by atoms with van der Waals surface area (Å²) in [4.78, 5) is 27.7. The van der Waals surface area contributed by atoms with Gasteiger partial charge in [-0.05, 0) is 37.3 Å². The molecule has 1 amide bonds. The van der Waals surface area contributed by atoms with Crippen LogP contribution in [0.15, 0.2) is 42.6 Å². The SMILES string of the molecule is CC(=O)Oc1ccc(C(=O)Nc2cc(C)nn2-c2ncc(Cl)cc2Cl)cc1. The Hall–Kier alpha value is -2.90. The Morgan fingerprint density at radius 2 is 1.85 bits per heavy atom. The molecule has 3 aromatic rings. The van der Waals surface area contributed by atoms with Crippen LogP contribution in [-0.2, 0) is 4.79 Å². The van der Waals surface area contributed by atoms with E-state index in [0.29, 0.717) is 38.7 Å². The van der Waals surface area contributed by atoms with E-state index in [1.807, 2.05) is 0 Å². The van der Waals surface area contributed by atoms with Crippen LogP contribution in [-0.4, -0.2) is 26.6 Å². The molecule has 2 aromatic heterocycles. The molecule has 7 nitrogen and oxygen atoms in total. The van der Waals surface area contributed by atoms with Crippen LogP contribution in [0.5, 0.6) is 5.75 Å². The van der Waals surface area contributed by atoms with E-state index in [1.54, 1.807) is 31.2 Å². The lowest BCUT2D eigenvalue weighted by molar-refractivity contribution is -0.131. The van der Waals surface area contributed by atoms with Gasteiger partial charge in [0, 0.05) is 24.8 Å². The number of hydrogen-bond donors (Lipinski definition) is 1. The van der Waals surface area contributed by atoms with Crippen LogP contribution in [0.1, 0.15) is 23.0 Å². The number of carbonyl (C=O) groups is 2. The van der Waals surface area contributed by atoms with Crippen molar-refractivity contribution in [2.45, 2.75) is 13.8 Å². The molecule has 3 rings (SSSR count). The lowest BCUT2D eigenvalue weighted by Crippen LogP contribution is -2.15. The summed E-state index contributed by atoms with van der Waals surface area (Å²) >= 11 is 12.1. The number of benzene rings is 1. The Kier molecular flexibility index (Phi) is 5.43. The average molecular weight is 405 g/mol. The average Bonchev–Trinajstić information content (AvgIpc) is 2.95. The van der Waals surface area contributed by atoms with Crippen LogP contribution in [0.4, 0.5) is 5.82 Å². The standard InChI is InChI=1S/C18H14Cl2N4O3/c1-10-7-16(24(23-10)17-15(20)8-13(19)9-21-17)22-18(26)12-3-5-14(6-4-12)27-11(2)25/h3-9H,1-2H3,(H,22,26). The maximum Gasteiger partial charge on any atom is 0.308 e. The number of nitrogens with zero attached hydrogens (tertiary/aromatic N) is 3. The van der Waals surface area contributed by atoms with Crippen molar-refractivity contribution < 1.29 is 14.3 Å². The zero-order valence-electron chi connectivity index (χ0n) is 14.4. The molecule has 0 bridgehead atoms. The number of hydrogen-bond acceptors (Lipinski definition) is 5. The quantitative estimate of drug-likeness (QED) is 0.523. The van der Waals surface area contributed by atoms with E-state index < -0.39 is 5.97 Å². The number of anilines is 1. The van der Waals surface area contributed by atoms with Crippen molar-refractivity contribution in [1.29, 1.82) is 0 Å². The van der Waals surface area contributed by atoms with Crippen molar-refractivity contribution in [2.75, 3.05) is 5.32 Å². The molecule has 0 aliphatic heterocycles. The minimum atomic E-state index is -0.432. The number of ether oxygens (including phenoxy) is 1.